The molecule has 0 aliphatic carbocycles. The van der Waals surface area contributed by atoms with Gasteiger partial charge in [-0.15, -0.1) is 0 Å². The largest absolute Gasteiger partial charge is 0.507 e. The number of phenolic OH excluding ortho intramolecular Hbond substituents is 1. The number of aliphatic imine (C=N–C) groups is 1. The van der Waals surface area contributed by atoms with Crippen molar-refractivity contribution in [2.24, 2.45) is 10.7 Å². The van der Waals surface area contributed by atoms with Crippen LogP contribution in [0.4, 0.5) is 0 Å². The molecule has 0 unspecified atom stereocenters. The molecule has 7 nitrogen and oxygen atoms in total. The van der Waals surface area contributed by atoms with E-state index in [-0.39, 0.29) is 17.1 Å². The van der Waals surface area contributed by atoms with Crippen molar-refractivity contribution in [2.75, 3.05) is 0 Å². The number of phenols is 1. The summed E-state index contributed by atoms with van der Waals surface area (Å²) < 4.78 is 0. The van der Waals surface area contributed by atoms with Crippen LogP contribution in [0, 0.1) is 5.41 Å². The molecule has 0 saturated carbocycles. The van der Waals surface area contributed by atoms with Gasteiger partial charge in [0.15, 0.2) is 6.04 Å². The quantitative estimate of drug-likeness (QED) is 0.374. The van der Waals surface area contributed by atoms with Crippen molar-refractivity contribution in [2.45, 2.75) is 19.1 Å². The number of nitrogens with zero attached hydrogens (tertiary/aromatic N) is 1. The molecule has 0 radical (unpaired) electrons. The molecular weight excluding hydrogens is 250 g/mol. The molecule has 1 aromatic carbocycles. The number of hydrogen-bond acceptors (Lipinski definition) is 5. The molecule has 0 aliphatic rings. The third-order valence-corrected chi connectivity index (χ3v) is 2.42. The van der Waals surface area contributed by atoms with E-state index in [1.807, 2.05) is 0 Å². The molecule has 0 fully saturated rings. The second-order valence-electron chi connectivity index (χ2n) is 3.99. The molecule has 102 valence electrons. The molecule has 0 spiro atoms. The normalized spacial score (nSPS) is 14.2. The van der Waals surface area contributed by atoms with Gasteiger partial charge in [0.1, 0.15) is 11.6 Å². The van der Waals surface area contributed by atoms with Crippen LogP contribution in [0.5, 0.6) is 5.75 Å². The Hall–Kier alpha value is -2.41. The van der Waals surface area contributed by atoms with E-state index in [1.165, 1.54) is 25.1 Å². The summed E-state index contributed by atoms with van der Waals surface area (Å²) >= 11 is 0. The van der Waals surface area contributed by atoms with E-state index in [9.17, 15) is 15.0 Å². The lowest BCUT2D eigenvalue weighted by Crippen LogP contribution is -2.30. The van der Waals surface area contributed by atoms with Crippen molar-refractivity contribution in [1.29, 1.82) is 5.41 Å². The standard InChI is InChI=1S/C12H15N3O4/c1-6(16)10(12(18)19)15-5-8-4-7(11(13)14)2-3-9(8)17/h2-6,10,16-17H,1H3,(H3,13,14)(H,18,19)/t6-,10+/m1/s1. The van der Waals surface area contributed by atoms with Gasteiger partial charge in [-0.1, -0.05) is 0 Å². The van der Waals surface area contributed by atoms with Crippen molar-refractivity contribution in [3.8, 4) is 5.75 Å². The maximum absolute atomic E-state index is 10.8. The molecule has 1 aromatic rings. The van der Waals surface area contributed by atoms with Crippen molar-refractivity contribution in [3.63, 3.8) is 0 Å². The van der Waals surface area contributed by atoms with Crippen LogP contribution in [0.2, 0.25) is 0 Å². The minimum absolute atomic E-state index is 0.122. The molecule has 0 bridgehead atoms. The average molecular weight is 265 g/mol. The van der Waals surface area contributed by atoms with Gasteiger partial charge < -0.3 is 21.1 Å². The highest BCUT2D eigenvalue weighted by molar-refractivity contribution is 5.97. The molecule has 0 aliphatic heterocycles. The number of amidine groups is 1. The number of carbonyl (C=O) groups is 1. The number of aliphatic carboxylic acids is 1. The van der Waals surface area contributed by atoms with Crippen LogP contribution in [0.15, 0.2) is 23.2 Å². The number of aromatic hydroxyl groups is 1. The summed E-state index contributed by atoms with van der Waals surface area (Å²) in [5, 5.41) is 35.0. The van der Waals surface area contributed by atoms with Crippen molar-refractivity contribution >= 4 is 18.0 Å². The van der Waals surface area contributed by atoms with Crippen LogP contribution in [0.25, 0.3) is 0 Å². The Kier molecular flexibility index (Phi) is 4.60. The van der Waals surface area contributed by atoms with Gasteiger partial charge in [-0.2, -0.15) is 0 Å². The predicted octanol–water partition coefficient (Wildman–Crippen LogP) is -0.0708. The first-order valence-corrected chi connectivity index (χ1v) is 5.44. The Balaban J connectivity index is 3.07. The number of carboxylic acid groups (broad SMARTS) is 1. The summed E-state index contributed by atoms with van der Waals surface area (Å²) in [6.07, 6.45) is -0.0281. The van der Waals surface area contributed by atoms with Crippen LogP contribution < -0.4 is 5.73 Å². The lowest BCUT2D eigenvalue weighted by molar-refractivity contribution is -0.140. The smallest absolute Gasteiger partial charge is 0.331 e. The summed E-state index contributed by atoms with van der Waals surface area (Å²) in [6.45, 7) is 1.31. The second kappa shape index (κ2) is 5.96. The number of rotatable bonds is 5. The van der Waals surface area contributed by atoms with E-state index in [4.69, 9.17) is 16.2 Å². The zero-order valence-corrected chi connectivity index (χ0v) is 10.2. The fraction of sp³-hybridized carbons (Fsp3) is 0.250. The zero-order valence-electron chi connectivity index (χ0n) is 10.2. The SMILES string of the molecule is C[C@@H](O)[C@H](N=Cc1cc(C(=N)N)ccc1O)C(=O)O. The fourth-order valence-electron chi connectivity index (χ4n) is 1.38. The highest BCUT2D eigenvalue weighted by Gasteiger charge is 2.21. The summed E-state index contributed by atoms with van der Waals surface area (Å²) in [5.74, 6) is -1.57. The first kappa shape index (κ1) is 14.7. The van der Waals surface area contributed by atoms with E-state index in [2.05, 4.69) is 4.99 Å². The van der Waals surface area contributed by atoms with E-state index in [0.717, 1.165) is 6.21 Å². The molecule has 7 heteroatoms. The van der Waals surface area contributed by atoms with Gasteiger partial charge in [0, 0.05) is 17.3 Å². The van der Waals surface area contributed by atoms with Gasteiger partial charge in [0.25, 0.3) is 0 Å². The lowest BCUT2D eigenvalue weighted by atomic mass is 10.1. The first-order valence-electron chi connectivity index (χ1n) is 5.44. The molecular formula is C12H15N3O4. The highest BCUT2D eigenvalue weighted by atomic mass is 16.4. The maximum atomic E-state index is 10.8. The topological polar surface area (TPSA) is 140 Å². The number of aliphatic hydroxyl groups excluding tert-OH is 1. The van der Waals surface area contributed by atoms with Crippen LogP contribution in [-0.4, -0.2) is 45.5 Å². The fourth-order valence-corrected chi connectivity index (χ4v) is 1.38. The van der Waals surface area contributed by atoms with Crippen LogP contribution in [0.3, 0.4) is 0 Å². The van der Waals surface area contributed by atoms with E-state index < -0.39 is 18.1 Å². The summed E-state index contributed by atoms with van der Waals surface area (Å²) in [4.78, 5) is 14.5. The molecule has 1 rings (SSSR count). The third kappa shape index (κ3) is 3.78. The lowest BCUT2D eigenvalue weighted by Gasteiger charge is -2.10. The minimum Gasteiger partial charge on any atom is -0.507 e. The highest BCUT2D eigenvalue weighted by Crippen LogP contribution is 2.16. The van der Waals surface area contributed by atoms with Gasteiger partial charge >= 0.3 is 5.97 Å². The maximum Gasteiger partial charge on any atom is 0.331 e. The minimum atomic E-state index is -1.32. The number of hydrogen-bond donors (Lipinski definition) is 5. The van der Waals surface area contributed by atoms with Gasteiger partial charge in [-0.3, -0.25) is 10.4 Å². The molecule has 2 atom stereocenters. The zero-order chi connectivity index (χ0) is 14.6. The van der Waals surface area contributed by atoms with E-state index in [0.29, 0.717) is 5.56 Å². The van der Waals surface area contributed by atoms with Crippen LogP contribution in [0.1, 0.15) is 18.1 Å². The Morgan fingerprint density at radius 1 is 1.53 bits per heavy atom. The number of carboxylic acids is 1. The molecule has 0 heterocycles. The number of nitrogens with two attached hydrogens (primary N) is 1. The Morgan fingerprint density at radius 3 is 2.63 bits per heavy atom. The van der Waals surface area contributed by atoms with Crippen LogP contribution in [-0.2, 0) is 4.79 Å². The number of nitrogens with one attached hydrogen (secondary N) is 1. The van der Waals surface area contributed by atoms with Crippen molar-refractivity contribution in [3.05, 3.63) is 29.3 Å². The molecule has 0 amide bonds. The summed E-state index contributed by atoms with van der Waals surface area (Å²) in [7, 11) is 0. The summed E-state index contributed by atoms with van der Waals surface area (Å²) in [6, 6.07) is 2.87. The van der Waals surface area contributed by atoms with Gasteiger partial charge in [0.05, 0.1) is 6.10 Å². The second-order valence-corrected chi connectivity index (χ2v) is 3.99. The van der Waals surface area contributed by atoms with Crippen molar-refractivity contribution < 1.29 is 20.1 Å². The number of aliphatic hydroxyl groups is 1. The van der Waals surface area contributed by atoms with Gasteiger partial charge in [0.2, 0.25) is 0 Å². The van der Waals surface area contributed by atoms with E-state index in [1.54, 1.807) is 0 Å². The van der Waals surface area contributed by atoms with Gasteiger partial charge in [-0.25, -0.2) is 4.79 Å². The monoisotopic (exact) mass is 265 g/mol. The summed E-state index contributed by atoms with van der Waals surface area (Å²) in [5.41, 5.74) is 5.91. The van der Waals surface area contributed by atoms with Gasteiger partial charge in [-0.05, 0) is 25.1 Å². The van der Waals surface area contributed by atoms with Crippen molar-refractivity contribution in [1.82, 2.24) is 0 Å². The first-order chi connectivity index (χ1) is 8.82. The Labute approximate surface area is 109 Å². The number of nitrogen functional groups attached to an aromatic ring is 1. The Bertz CT molecular complexity index is 526. The molecule has 19 heavy (non-hydrogen) atoms. The molecule has 0 aromatic heterocycles. The third-order valence-electron chi connectivity index (χ3n) is 2.42. The predicted molar refractivity (Wildman–Crippen MR) is 69.8 cm³/mol. The molecule has 0 saturated heterocycles. The van der Waals surface area contributed by atoms with Crippen LogP contribution >= 0.6 is 0 Å². The Morgan fingerprint density at radius 2 is 2.16 bits per heavy atom. The molecule has 6 N–H and O–H groups in total. The number of benzene rings is 1. The average Bonchev–Trinajstić information content (AvgIpc) is 2.30. The van der Waals surface area contributed by atoms with E-state index >= 15 is 0 Å².